The molecule has 3 N–H and O–H groups in total. The summed E-state index contributed by atoms with van der Waals surface area (Å²) >= 11 is 0. The number of hydrogen-bond donors (Lipinski definition) is 3. The van der Waals surface area contributed by atoms with Crippen molar-refractivity contribution in [3.63, 3.8) is 0 Å². The number of phosphoric ester groups is 2. The molecule has 0 aliphatic rings. The molecule has 96 heavy (non-hydrogen) atoms. The summed E-state index contributed by atoms with van der Waals surface area (Å²) < 4.78 is 68.5. The number of ether oxygens (including phenoxy) is 4. The molecule has 5 atom stereocenters. The average molecular weight is 1410 g/mol. The first-order valence-corrected chi connectivity index (χ1v) is 42.7. The molecule has 0 aromatic rings. The van der Waals surface area contributed by atoms with Gasteiger partial charge < -0.3 is 33.8 Å². The maximum Gasteiger partial charge on any atom is 0.472 e. The van der Waals surface area contributed by atoms with Crippen LogP contribution in [0, 0.1) is 23.7 Å². The number of phosphoric acid groups is 2. The molecule has 0 aromatic heterocycles. The van der Waals surface area contributed by atoms with Gasteiger partial charge in [-0.2, -0.15) is 0 Å². The standard InChI is InChI=1S/C77H150O17P2/c1-67(2)53-45-37-29-24-20-16-12-9-10-14-18-22-26-32-41-49-57-74(79)87-63-72(93-76(81)59-51-43-33-27-23-19-15-11-13-17-21-25-30-38-46-54-68(3)4)65-91-95(83,84)89-61-71(78)62-90-96(85,86)92-66-73(64-88-75(80)58-50-42-36-35-40-48-56-70(7)8)94-77(82)60-52-44-34-28-31-39-47-55-69(5)6/h67-73,78H,9-66H2,1-8H3,(H,83,84)(H,85,86)/t71-,72-,73-/m1/s1. The second kappa shape index (κ2) is 66.3. The van der Waals surface area contributed by atoms with Crippen LogP contribution in [0.1, 0.15) is 389 Å². The van der Waals surface area contributed by atoms with Crippen molar-refractivity contribution in [1.82, 2.24) is 0 Å². The fourth-order valence-electron chi connectivity index (χ4n) is 11.7. The van der Waals surface area contributed by atoms with Gasteiger partial charge in [0.15, 0.2) is 12.2 Å². The van der Waals surface area contributed by atoms with Gasteiger partial charge in [0.2, 0.25) is 0 Å². The Hall–Kier alpha value is -1.94. The summed E-state index contributed by atoms with van der Waals surface area (Å²) in [6.07, 6.45) is 51.7. The average Bonchev–Trinajstić information content (AvgIpc) is 1.12. The van der Waals surface area contributed by atoms with E-state index in [4.69, 9.17) is 37.0 Å². The molecule has 0 aliphatic carbocycles. The van der Waals surface area contributed by atoms with Gasteiger partial charge in [-0.3, -0.25) is 37.3 Å². The lowest BCUT2D eigenvalue weighted by Gasteiger charge is -2.21. The molecule has 0 aromatic carbocycles. The third-order valence-electron chi connectivity index (χ3n) is 17.8. The van der Waals surface area contributed by atoms with Crippen molar-refractivity contribution in [2.24, 2.45) is 23.7 Å². The highest BCUT2D eigenvalue weighted by atomic mass is 31.2. The molecule has 2 unspecified atom stereocenters. The van der Waals surface area contributed by atoms with Crippen LogP contribution in [-0.2, 0) is 65.4 Å². The van der Waals surface area contributed by atoms with Crippen molar-refractivity contribution in [3.05, 3.63) is 0 Å². The Bertz CT molecular complexity index is 1880. The van der Waals surface area contributed by atoms with Crippen molar-refractivity contribution < 1.29 is 80.2 Å². The molecule has 0 saturated carbocycles. The normalized spacial score (nSPS) is 14.1. The molecule has 0 radical (unpaired) electrons. The third-order valence-corrected chi connectivity index (χ3v) is 19.7. The summed E-state index contributed by atoms with van der Waals surface area (Å²) in [7, 11) is -9.91. The monoisotopic (exact) mass is 1410 g/mol. The van der Waals surface area contributed by atoms with Gasteiger partial charge in [0.1, 0.15) is 19.3 Å². The maximum absolute atomic E-state index is 13.1. The van der Waals surface area contributed by atoms with Gasteiger partial charge in [0, 0.05) is 25.7 Å². The van der Waals surface area contributed by atoms with E-state index < -0.39 is 97.5 Å². The lowest BCUT2D eigenvalue weighted by molar-refractivity contribution is -0.161. The topological polar surface area (TPSA) is 237 Å². The molecule has 17 nitrogen and oxygen atoms in total. The van der Waals surface area contributed by atoms with Gasteiger partial charge in [-0.1, -0.05) is 338 Å². The Morgan fingerprint density at radius 3 is 0.646 bits per heavy atom. The molecule has 0 amide bonds. The van der Waals surface area contributed by atoms with Crippen molar-refractivity contribution in [3.8, 4) is 0 Å². The first-order valence-electron chi connectivity index (χ1n) is 39.7. The fourth-order valence-corrected chi connectivity index (χ4v) is 13.3. The summed E-state index contributed by atoms with van der Waals surface area (Å²) in [5, 5.41) is 10.6. The summed E-state index contributed by atoms with van der Waals surface area (Å²) in [5.41, 5.74) is 0. The number of carbonyl (C=O) groups excluding carboxylic acids is 4. The van der Waals surface area contributed by atoms with Crippen LogP contribution in [0.3, 0.4) is 0 Å². The Kier molecular flexibility index (Phi) is 65.0. The fraction of sp³-hybridized carbons (Fsp3) is 0.948. The van der Waals surface area contributed by atoms with E-state index in [0.717, 1.165) is 108 Å². The van der Waals surface area contributed by atoms with Gasteiger partial charge in [0.25, 0.3) is 0 Å². The van der Waals surface area contributed by atoms with Gasteiger partial charge in [-0.05, 0) is 49.4 Å². The van der Waals surface area contributed by atoms with Crippen LogP contribution in [0.4, 0.5) is 0 Å². The van der Waals surface area contributed by atoms with Gasteiger partial charge in [0.05, 0.1) is 26.4 Å². The van der Waals surface area contributed by atoms with Crippen molar-refractivity contribution in [1.29, 1.82) is 0 Å². The molecule has 570 valence electrons. The van der Waals surface area contributed by atoms with E-state index in [2.05, 4.69) is 55.4 Å². The Morgan fingerprint density at radius 2 is 0.438 bits per heavy atom. The molecule has 0 heterocycles. The van der Waals surface area contributed by atoms with Crippen molar-refractivity contribution in [2.75, 3.05) is 39.6 Å². The predicted octanol–water partition coefficient (Wildman–Crippen LogP) is 22.4. The first kappa shape index (κ1) is 94.1. The Morgan fingerprint density at radius 1 is 0.260 bits per heavy atom. The molecule has 0 aliphatic heterocycles. The Balaban J connectivity index is 5.20. The number of carbonyl (C=O) groups is 4. The lowest BCUT2D eigenvalue weighted by Crippen LogP contribution is -2.30. The number of rotatable bonds is 74. The van der Waals surface area contributed by atoms with Gasteiger partial charge >= 0.3 is 39.5 Å². The second-order valence-electron chi connectivity index (χ2n) is 29.7. The zero-order chi connectivity index (χ0) is 71.0. The lowest BCUT2D eigenvalue weighted by atomic mass is 10.0. The largest absolute Gasteiger partial charge is 0.472 e. The number of hydrogen-bond acceptors (Lipinski definition) is 15. The molecule has 0 fully saturated rings. The summed E-state index contributed by atoms with van der Waals surface area (Å²) in [6.45, 7) is 14.1. The van der Waals surface area contributed by atoms with E-state index in [-0.39, 0.29) is 25.7 Å². The van der Waals surface area contributed by atoms with E-state index in [1.165, 1.54) is 186 Å². The van der Waals surface area contributed by atoms with E-state index >= 15 is 0 Å². The van der Waals surface area contributed by atoms with Crippen molar-refractivity contribution in [2.45, 2.75) is 408 Å². The van der Waals surface area contributed by atoms with Crippen molar-refractivity contribution >= 4 is 39.5 Å². The Labute approximate surface area is 588 Å². The van der Waals surface area contributed by atoms with E-state index in [1.54, 1.807) is 0 Å². The number of esters is 4. The van der Waals surface area contributed by atoms with Crippen LogP contribution in [-0.4, -0.2) is 96.7 Å². The predicted molar refractivity (Wildman–Crippen MR) is 391 cm³/mol. The minimum absolute atomic E-state index is 0.102. The highest BCUT2D eigenvalue weighted by Gasteiger charge is 2.30. The summed E-state index contributed by atoms with van der Waals surface area (Å²) in [6, 6.07) is 0. The zero-order valence-electron chi connectivity index (χ0n) is 63.0. The molecule has 0 bridgehead atoms. The van der Waals surface area contributed by atoms with Gasteiger partial charge in [-0.15, -0.1) is 0 Å². The number of unbranched alkanes of at least 4 members (excludes halogenated alkanes) is 40. The van der Waals surface area contributed by atoms with Crippen LogP contribution < -0.4 is 0 Å². The molecule has 0 spiro atoms. The SMILES string of the molecule is CC(C)CCCCCCCCCCCCCCCCCCC(=O)OC[C@H](COP(=O)(O)OC[C@@H](O)COP(=O)(O)OC[C@@H](COC(=O)CCCCCCCCC(C)C)OC(=O)CCCCCCCCCC(C)C)OC(=O)CCCCCCCCCCCCCCCCCC(C)C. The molecule has 0 saturated heterocycles. The minimum atomic E-state index is -4.96. The molecule has 19 heteroatoms. The minimum Gasteiger partial charge on any atom is -0.462 e. The third kappa shape index (κ3) is 70.5. The highest BCUT2D eigenvalue weighted by molar-refractivity contribution is 7.47. The highest BCUT2D eigenvalue weighted by Crippen LogP contribution is 2.45. The van der Waals surface area contributed by atoms with Crippen LogP contribution in [0.15, 0.2) is 0 Å². The summed E-state index contributed by atoms with van der Waals surface area (Å²) in [4.78, 5) is 72.7. The maximum atomic E-state index is 13.1. The smallest absolute Gasteiger partial charge is 0.462 e. The quantitative estimate of drug-likeness (QED) is 0.0222. The summed E-state index contributed by atoms with van der Waals surface area (Å²) in [5.74, 6) is 0.866. The van der Waals surface area contributed by atoms with Crippen LogP contribution >= 0.6 is 15.6 Å². The van der Waals surface area contributed by atoms with Crippen LogP contribution in [0.25, 0.3) is 0 Å². The van der Waals surface area contributed by atoms with Gasteiger partial charge in [-0.25, -0.2) is 9.13 Å². The molecular weight excluding hydrogens is 1260 g/mol. The van der Waals surface area contributed by atoms with E-state index in [0.29, 0.717) is 37.5 Å². The number of aliphatic hydroxyl groups is 1. The number of aliphatic hydroxyl groups excluding tert-OH is 1. The molecular formula is C77H150O17P2. The van der Waals surface area contributed by atoms with Crippen LogP contribution in [0.5, 0.6) is 0 Å². The first-order chi connectivity index (χ1) is 46.1. The second-order valence-corrected chi connectivity index (χ2v) is 32.6. The van der Waals surface area contributed by atoms with E-state index in [9.17, 15) is 43.2 Å². The molecule has 0 rings (SSSR count). The van der Waals surface area contributed by atoms with Crippen LogP contribution in [0.2, 0.25) is 0 Å². The zero-order valence-corrected chi connectivity index (χ0v) is 64.8. The van der Waals surface area contributed by atoms with E-state index in [1.807, 2.05) is 0 Å².